The Hall–Kier alpha value is -0.680. The molecule has 2 N–H and O–H groups in total. The van der Waals surface area contributed by atoms with Crippen LogP contribution in [0.4, 0.5) is 0 Å². The first-order valence-corrected chi connectivity index (χ1v) is 8.62. The van der Waals surface area contributed by atoms with E-state index in [1.165, 1.54) is 17.6 Å². The van der Waals surface area contributed by atoms with Crippen LogP contribution >= 0.6 is 56.5 Å². The Balaban J connectivity index is 1.98. The Bertz CT molecular complexity index is 642. The molecular formula is C13H10I2N2O2S. The number of nitrogens with zero attached hydrogens (tertiary/aromatic N) is 1. The van der Waals surface area contributed by atoms with E-state index in [9.17, 15) is 9.90 Å². The normalized spacial score (nSPS) is 10.9. The second kappa shape index (κ2) is 7.36. The molecule has 104 valence electrons. The van der Waals surface area contributed by atoms with Crippen molar-refractivity contribution in [1.29, 1.82) is 0 Å². The zero-order valence-electron chi connectivity index (χ0n) is 10.1. The summed E-state index contributed by atoms with van der Waals surface area (Å²) in [6.07, 6.45) is 1.76. The fourth-order valence-corrected chi connectivity index (χ4v) is 4.06. The van der Waals surface area contributed by atoms with Gasteiger partial charge in [0.25, 0.3) is 0 Å². The van der Waals surface area contributed by atoms with Crippen molar-refractivity contribution in [3.8, 4) is 5.75 Å². The minimum Gasteiger partial charge on any atom is -0.506 e. The summed E-state index contributed by atoms with van der Waals surface area (Å²) in [5, 5.41) is 15.7. The number of hydrazone groups is 1. The number of carbonyl (C=O) groups excluding carboxylic acids is 1. The van der Waals surface area contributed by atoms with Crippen molar-refractivity contribution in [1.82, 2.24) is 5.43 Å². The summed E-state index contributed by atoms with van der Waals surface area (Å²) in [7, 11) is 0. The first-order chi connectivity index (χ1) is 9.56. The predicted molar refractivity (Wildman–Crippen MR) is 97.3 cm³/mol. The molecular weight excluding hydrogens is 502 g/mol. The fraction of sp³-hybridized carbons (Fsp3) is 0.0769. The van der Waals surface area contributed by atoms with Crippen LogP contribution in [-0.4, -0.2) is 17.2 Å². The van der Waals surface area contributed by atoms with E-state index >= 15 is 0 Å². The molecule has 0 unspecified atom stereocenters. The number of carbonyl (C=O) groups is 1. The first kappa shape index (κ1) is 15.7. The van der Waals surface area contributed by atoms with Crippen LogP contribution in [0.25, 0.3) is 0 Å². The monoisotopic (exact) mass is 512 g/mol. The Morgan fingerprint density at radius 2 is 2.25 bits per heavy atom. The van der Waals surface area contributed by atoms with Gasteiger partial charge in [0, 0.05) is 14.0 Å². The van der Waals surface area contributed by atoms with Crippen LogP contribution in [0.15, 0.2) is 34.7 Å². The minimum atomic E-state index is -0.177. The van der Waals surface area contributed by atoms with Gasteiger partial charge in [-0.15, -0.1) is 11.3 Å². The van der Waals surface area contributed by atoms with Crippen LogP contribution in [0, 0.1) is 7.14 Å². The van der Waals surface area contributed by atoms with Crippen LogP contribution in [0.2, 0.25) is 0 Å². The summed E-state index contributed by atoms with van der Waals surface area (Å²) in [6, 6.07) is 7.47. The van der Waals surface area contributed by atoms with Crippen LogP contribution in [-0.2, 0) is 11.2 Å². The zero-order valence-corrected chi connectivity index (χ0v) is 15.3. The molecule has 2 aromatic rings. The van der Waals surface area contributed by atoms with Gasteiger partial charge in [-0.25, -0.2) is 5.43 Å². The molecule has 1 heterocycles. The third-order valence-corrected chi connectivity index (χ3v) is 4.69. The molecule has 7 heteroatoms. The van der Waals surface area contributed by atoms with Gasteiger partial charge in [-0.2, -0.15) is 5.10 Å². The summed E-state index contributed by atoms with van der Waals surface area (Å²) in [4.78, 5) is 12.6. The van der Waals surface area contributed by atoms with Crippen molar-refractivity contribution in [3.63, 3.8) is 0 Å². The molecule has 4 nitrogen and oxygen atoms in total. The average molecular weight is 512 g/mol. The van der Waals surface area contributed by atoms with E-state index in [1.807, 2.05) is 23.6 Å². The standard InChI is InChI=1S/C13H10I2N2O2S/c14-9-4-8(13(19)11(15)5-9)7-16-17-12(18)6-10-2-1-3-20-10/h1-5,7,19H,6H2,(H,17,18)/b16-7+. The molecule has 0 bridgehead atoms. The lowest BCUT2D eigenvalue weighted by Gasteiger charge is -2.03. The summed E-state index contributed by atoms with van der Waals surface area (Å²) < 4.78 is 1.75. The highest BCUT2D eigenvalue weighted by Gasteiger charge is 2.06. The minimum absolute atomic E-state index is 0.169. The van der Waals surface area contributed by atoms with Gasteiger partial charge in [-0.3, -0.25) is 4.79 Å². The quantitative estimate of drug-likeness (QED) is 0.375. The number of phenolic OH excluding ortho intramolecular Hbond substituents is 1. The highest BCUT2D eigenvalue weighted by atomic mass is 127. The molecule has 0 radical (unpaired) electrons. The Morgan fingerprint density at radius 3 is 2.95 bits per heavy atom. The second-order valence-electron chi connectivity index (χ2n) is 3.87. The smallest absolute Gasteiger partial charge is 0.245 e. The third-order valence-electron chi connectivity index (χ3n) is 2.37. The highest BCUT2D eigenvalue weighted by molar-refractivity contribution is 14.1. The van der Waals surface area contributed by atoms with E-state index in [1.54, 1.807) is 6.07 Å². The maximum Gasteiger partial charge on any atom is 0.245 e. The van der Waals surface area contributed by atoms with Crippen LogP contribution in [0.3, 0.4) is 0 Å². The largest absolute Gasteiger partial charge is 0.506 e. The summed E-state index contributed by atoms with van der Waals surface area (Å²) in [5.74, 6) is -0.00853. The first-order valence-electron chi connectivity index (χ1n) is 5.58. The van der Waals surface area contributed by atoms with Crippen molar-refractivity contribution in [2.45, 2.75) is 6.42 Å². The lowest BCUT2D eigenvalue weighted by Crippen LogP contribution is -2.19. The molecule has 0 aliphatic heterocycles. The second-order valence-corrected chi connectivity index (χ2v) is 7.31. The summed E-state index contributed by atoms with van der Waals surface area (Å²) in [6.45, 7) is 0. The van der Waals surface area contributed by atoms with Crippen LogP contribution < -0.4 is 5.43 Å². The number of phenols is 1. The number of benzene rings is 1. The van der Waals surface area contributed by atoms with E-state index < -0.39 is 0 Å². The van der Waals surface area contributed by atoms with Crippen molar-refractivity contribution in [2.75, 3.05) is 0 Å². The number of rotatable bonds is 4. The predicted octanol–water partition coefficient (Wildman–Crippen LogP) is 3.36. The molecule has 0 atom stereocenters. The van der Waals surface area contributed by atoms with Gasteiger partial charge in [0.15, 0.2) is 0 Å². The highest BCUT2D eigenvalue weighted by Crippen LogP contribution is 2.25. The van der Waals surface area contributed by atoms with E-state index in [4.69, 9.17) is 0 Å². The molecule has 2 rings (SSSR count). The van der Waals surface area contributed by atoms with Gasteiger partial charge in [0.05, 0.1) is 16.2 Å². The van der Waals surface area contributed by atoms with Gasteiger partial charge >= 0.3 is 0 Å². The molecule has 20 heavy (non-hydrogen) atoms. The number of thiophene rings is 1. The molecule has 0 spiro atoms. The van der Waals surface area contributed by atoms with Crippen molar-refractivity contribution in [2.24, 2.45) is 5.10 Å². The molecule has 0 aliphatic carbocycles. The molecule has 0 aliphatic rings. The Morgan fingerprint density at radius 1 is 1.45 bits per heavy atom. The number of aromatic hydroxyl groups is 1. The fourth-order valence-electron chi connectivity index (χ4n) is 1.47. The molecule has 1 aromatic carbocycles. The van der Waals surface area contributed by atoms with Gasteiger partial charge in [-0.05, 0) is 68.8 Å². The van der Waals surface area contributed by atoms with Gasteiger partial charge in [0.1, 0.15) is 5.75 Å². The van der Waals surface area contributed by atoms with Crippen molar-refractivity contribution in [3.05, 3.63) is 47.2 Å². The average Bonchev–Trinajstić information content (AvgIpc) is 2.87. The van der Waals surface area contributed by atoms with E-state index in [-0.39, 0.29) is 11.7 Å². The zero-order chi connectivity index (χ0) is 14.5. The number of halogens is 2. The topological polar surface area (TPSA) is 61.7 Å². The summed E-state index contributed by atoms with van der Waals surface area (Å²) >= 11 is 5.75. The van der Waals surface area contributed by atoms with E-state index in [2.05, 4.69) is 55.7 Å². The molecule has 1 aromatic heterocycles. The van der Waals surface area contributed by atoms with Crippen molar-refractivity contribution >= 4 is 68.6 Å². The molecule has 0 fully saturated rings. The number of nitrogens with one attached hydrogen (secondary N) is 1. The Labute approximate surface area is 147 Å². The van der Waals surface area contributed by atoms with E-state index in [0.29, 0.717) is 12.0 Å². The molecule has 0 saturated heterocycles. The Kier molecular flexibility index (Phi) is 5.78. The number of hydrogen-bond acceptors (Lipinski definition) is 4. The lowest BCUT2D eigenvalue weighted by atomic mass is 10.2. The third kappa shape index (κ3) is 4.42. The van der Waals surface area contributed by atoms with Crippen molar-refractivity contribution < 1.29 is 9.90 Å². The van der Waals surface area contributed by atoms with Gasteiger partial charge < -0.3 is 5.11 Å². The van der Waals surface area contributed by atoms with Crippen LogP contribution in [0.5, 0.6) is 5.75 Å². The number of hydrogen-bond donors (Lipinski definition) is 2. The number of amides is 1. The lowest BCUT2D eigenvalue weighted by molar-refractivity contribution is -0.120. The van der Waals surface area contributed by atoms with E-state index in [0.717, 1.165) is 12.0 Å². The maximum absolute atomic E-state index is 11.6. The maximum atomic E-state index is 11.6. The SMILES string of the molecule is O=C(Cc1cccs1)N/N=C/c1cc(I)cc(I)c1O. The van der Waals surface area contributed by atoms with Gasteiger partial charge in [-0.1, -0.05) is 6.07 Å². The van der Waals surface area contributed by atoms with Gasteiger partial charge in [0.2, 0.25) is 5.91 Å². The summed E-state index contributed by atoms with van der Waals surface area (Å²) in [5.41, 5.74) is 3.04. The molecule has 0 saturated carbocycles. The molecule has 1 amide bonds. The van der Waals surface area contributed by atoms with Crippen LogP contribution in [0.1, 0.15) is 10.4 Å².